The molecule has 96 valence electrons. The van der Waals surface area contributed by atoms with Gasteiger partial charge in [-0.25, -0.2) is 8.42 Å². The lowest BCUT2D eigenvalue weighted by atomic mass is 9.70. The van der Waals surface area contributed by atoms with E-state index < -0.39 is 15.4 Å². The van der Waals surface area contributed by atoms with E-state index in [1.807, 2.05) is 0 Å². The van der Waals surface area contributed by atoms with Crippen LogP contribution in [0.1, 0.15) is 33.1 Å². The molecule has 0 N–H and O–H groups in total. The van der Waals surface area contributed by atoms with E-state index in [9.17, 15) is 13.2 Å². The second-order valence-electron chi connectivity index (χ2n) is 6.32. The number of rotatable bonds is 3. The van der Waals surface area contributed by atoms with Gasteiger partial charge in [-0.3, -0.25) is 4.79 Å². The Morgan fingerprint density at radius 3 is 2.41 bits per heavy atom. The molecule has 3 fully saturated rings. The Hall–Kier alpha value is -0.420. The Kier molecular flexibility index (Phi) is 2.14. The summed E-state index contributed by atoms with van der Waals surface area (Å²) in [6, 6.07) is 0. The van der Waals surface area contributed by atoms with Crippen molar-refractivity contribution in [1.29, 1.82) is 0 Å². The monoisotopic (exact) mass is 257 g/mol. The van der Waals surface area contributed by atoms with Gasteiger partial charge in [0.25, 0.3) is 0 Å². The number of hydrogen-bond donors (Lipinski definition) is 0. The molecule has 0 amide bonds. The highest BCUT2D eigenvalue weighted by atomic mass is 32.2. The van der Waals surface area contributed by atoms with Crippen LogP contribution in [0.4, 0.5) is 0 Å². The van der Waals surface area contributed by atoms with E-state index in [2.05, 4.69) is 13.8 Å². The number of fused-ring (bicyclic) bond motifs is 2. The van der Waals surface area contributed by atoms with Gasteiger partial charge in [0.2, 0.25) is 10.0 Å². The van der Waals surface area contributed by atoms with Gasteiger partial charge in [-0.1, -0.05) is 13.8 Å². The van der Waals surface area contributed by atoms with Gasteiger partial charge in [-0.15, -0.1) is 0 Å². The van der Waals surface area contributed by atoms with Crippen LogP contribution < -0.4 is 0 Å². The lowest BCUT2D eigenvalue weighted by Crippen LogP contribution is -2.43. The molecular weight excluding hydrogens is 238 g/mol. The molecular formula is C12H19NO3S. The average Bonchev–Trinajstić information content (AvgIpc) is 2.98. The number of carbonyl (C=O) groups is 1. The van der Waals surface area contributed by atoms with Gasteiger partial charge in [0.1, 0.15) is 5.78 Å². The van der Waals surface area contributed by atoms with E-state index in [0.717, 1.165) is 12.8 Å². The van der Waals surface area contributed by atoms with Crippen LogP contribution in [0.2, 0.25) is 0 Å². The van der Waals surface area contributed by atoms with Gasteiger partial charge in [-0.05, 0) is 24.2 Å². The molecule has 3 aliphatic rings. The lowest BCUT2D eigenvalue weighted by molar-refractivity contribution is -0.128. The second kappa shape index (κ2) is 3.12. The first-order valence-corrected chi connectivity index (χ1v) is 7.92. The Balaban J connectivity index is 1.97. The zero-order chi connectivity index (χ0) is 12.5. The predicted octanol–water partition coefficient (Wildman–Crippen LogP) is 1.03. The molecule has 3 rings (SSSR count). The molecule has 0 aromatic heterocycles. The summed E-state index contributed by atoms with van der Waals surface area (Å²) in [5.74, 6) is 0.617. The van der Waals surface area contributed by atoms with Crippen LogP contribution >= 0.6 is 0 Å². The number of hydrogen-bond acceptors (Lipinski definition) is 3. The third-order valence-electron chi connectivity index (χ3n) is 5.37. The average molecular weight is 257 g/mol. The van der Waals surface area contributed by atoms with Gasteiger partial charge < -0.3 is 0 Å². The minimum Gasteiger partial charge on any atom is -0.299 e. The summed E-state index contributed by atoms with van der Waals surface area (Å²) < 4.78 is 25.8. The van der Waals surface area contributed by atoms with Gasteiger partial charge >= 0.3 is 0 Å². The summed E-state index contributed by atoms with van der Waals surface area (Å²) in [6.07, 6.45) is 2.35. The molecule has 0 aromatic rings. The summed E-state index contributed by atoms with van der Waals surface area (Å²) in [5, 5.41) is 0. The molecule has 17 heavy (non-hydrogen) atoms. The molecule has 2 unspecified atom stereocenters. The normalized spacial score (nSPS) is 39.9. The van der Waals surface area contributed by atoms with Crippen LogP contribution in [0.5, 0.6) is 0 Å². The van der Waals surface area contributed by atoms with E-state index in [1.165, 1.54) is 4.31 Å². The van der Waals surface area contributed by atoms with Crippen molar-refractivity contribution in [2.45, 2.75) is 33.1 Å². The lowest BCUT2D eigenvalue weighted by Gasteiger charge is -2.36. The van der Waals surface area contributed by atoms with Crippen molar-refractivity contribution in [3.05, 3.63) is 0 Å². The summed E-state index contributed by atoms with van der Waals surface area (Å²) in [5.41, 5.74) is -0.744. The molecule has 2 bridgehead atoms. The third-order valence-corrected chi connectivity index (χ3v) is 7.38. The van der Waals surface area contributed by atoms with Crippen LogP contribution in [0.25, 0.3) is 0 Å². The summed E-state index contributed by atoms with van der Waals surface area (Å²) in [4.78, 5) is 12.2. The van der Waals surface area contributed by atoms with Crippen LogP contribution in [0, 0.1) is 16.7 Å². The van der Waals surface area contributed by atoms with E-state index in [-0.39, 0.29) is 17.0 Å². The minimum absolute atomic E-state index is 0.0440. The van der Waals surface area contributed by atoms with E-state index in [1.54, 1.807) is 0 Å². The third kappa shape index (κ3) is 1.38. The van der Waals surface area contributed by atoms with Gasteiger partial charge in [0.15, 0.2) is 0 Å². The molecule has 4 nitrogen and oxygen atoms in total. The topological polar surface area (TPSA) is 54.2 Å². The number of sulfonamides is 1. The SMILES string of the molecule is CC1(C)C2CCC1(CS(=O)(=O)N1CC1)C(=O)C2. The van der Waals surface area contributed by atoms with E-state index in [0.29, 0.717) is 25.4 Å². The standard InChI is InChI=1S/C12H19NO3S/c1-11(2)9-3-4-12(11,10(14)7-9)8-17(15,16)13-5-6-13/h9H,3-8H2,1-2H3. The molecule has 2 saturated carbocycles. The summed E-state index contributed by atoms with van der Waals surface area (Å²) >= 11 is 0. The maximum Gasteiger partial charge on any atom is 0.215 e. The second-order valence-corrected chi connectivity index (χ2v) is 8.29. The first-order chi connectivity index (χ1) is 7.80. The smallest absolute Gasteiger partial charge is 0.215 e. The van der Waals surface area contributed by atoms with Crippen molar-refractivity contribution < 1.29 is 13.2 Å². The highest BCUT2D eigenvalue weighted by molar-refractivity contribution is 7.89. The number of carbonyl (C=O) groups excluding carboxylic acids is 1. The largest absolute Gasteiger partial charge is 0.299 e. The fourth-order valence-electron chi connectivity index (χ4n) is 3.83. The molecule has 1 aliphatic heterocycles. The van der Waals surface area contributed by atoms with Gasteiger partial charge in [0.05, 0.1) is 5.75 Å². The molecule has 2 atom stereocenters. The summed E-state index contributed by atoms with van der Waals surface area (Å²) in [6.45, 7) is 5.42. The van der Waals surface area contributed by atoms with E-state index in [4.69, 9.17) is 0 Å². The zero-order valence-corrected chi connectivity index (χ0v) is 11.2. The van der Waals surface area contributed by atoms with Crippen molar-refractivity contribution in [2.24, 2.45) is 16.7 Å². The molecule has 5 heteroatoms. The first kappa shape index (κ1) is 11.7. The highest BCUT2D eigenvalue weighted by Crippen LogP contribution is 2.64. The number of ketones is 1. The van der Waals surface area contributed by atoms with Crippen LogP contribution in [-0.2, 0) is 14.8 Å². The van der Waals surface area contributed by atoms with Crippen molar-refractivity contribution in [2.75, 3.05) is 18.8 Å². The maximum absolute atomic E-state index is 12.2. The van der Waals surface area contributed by atoms with Gasteiger partial charge in [0, 0.05) is 24.9 Å². The Morgan fingerprint density at radius 2 is 2.00 bits per heavy atom. The minimum atomic E-state index is -3.21. The van der Waals surface area contributed by atoms with Crippen molar-refractivity contribution in [3.63, 3.8) is 0 Å². The molecule has 1 saturated heterocycles. The molecule has 0 radical (unpaired) electrons. The number of Topliss-reactive ketones (excluding diaryl/α,β-unsaturated/α-hetero) is 1. The Morgan fingerprint density at radius 1 is 1.35 bits per heavy atom. The molecule has 0 spiro atoms. The number of nitrogens with zero attached hydrogens (tertiary/aromatic N) is 1. The molecule has 1 heterocycles. The van der Waals surface area contributed by atoms with Crippen LogP contribution in [0.3, 0.4) is 0 Å². The molecule has 2 aliphatic carbocycles. The fourth-order valence-corrected chi connectivity index (χ4v) is 5.95. The first-order valence-electron chi connectivity index (χ1n) is 6.31. The predicted molar refractivity (Wildman–Crippen MR) is 63.9 cm³/mol. The van der Waals surface area contributed by atoms with Crippen molar-refractivity contribution in [3.8, 4) is 0 Å². The Bertz CT molecular complexity index is 478. The Labute approximate surface area is 102 Å². The highest BCUT2D eigenvalue weighted by Gasteiger charge is 2.65. The summed E-state index contributed by atoms with van der Waals surface area (Å²) in [7, 11) is -3.21. The van der Waals surface area contributed by atoms with Crippen molar-refractivity contribution >= 4 is 15.8 Å². The maximum atomic E-state index is 12.2. The van der Waals surface area contributed by atoms with Crippen LogP contribution in [0.15, 0.2) is 0 Å². The van der Waals surface area contributed by atoms with Gasteiger partial charge in [-0.2, -0.15) is 4.31 Å². The fraction of sp³-hybridized carbons (Fsp3) is 0.917. The zero-order valence-electron chi connectivity index (χ0n) is 10.4. The van der Waals surface area contributed by atoms with E-state index >= 15 is 0 Å². The quantitative estimate of drug-likeness (QED) is 0.710. The van der Waals surface area contributed by atoms with Crippen LogP contribution in [-0.4, -0.2) is 37.3 Å². The van der Waals surface area contributed by atoms with Crippen molar-refractivity contribution in [1.82, 2.24) is 4.31 Å². The molecule has 0 aromatic carbocycles.